The van der Waals surface area contributed by atoms with Crippen LogP contribution in [0.5, 0.6) is 0 Å². The molecule has 0 bridgehead atoms. The second-order valence-corrected chi connectivity index (χ2v) is 7.13. The molecule has 0 saturated heterocycles. The van der Waals surface area contributed by atoms with Crippen LogP contribution < -0.4 is 10.6 Å². The van der Waals surface area contributed by atoms with Crippen LogP contribution in [0.1, 0.15) is 32.8 Å². The van der Waals surface area contributed by atoms with Gasteiger partial charge in [-0.3, -0.25) is 4.68 Å². The normalized spacial score (nSPS) is 10.5. The molecule has 2 N–H and O–H groups in total. The Morgan fingerprint density at radius 1 is 1.42 bits per heavy atom. The van der Waals surface area contributed by atoms with Crippen LogP contribution >= 0.6 is 23.6 Å². The van der Waals surface area contributed by atoms with Crippen molar-refractivity contribution in [3.05, 3.63) is 34.0 Å². The quantitative estimate of drug-likeness (QED) is 0.465. The number of hydrogen-bond donors (Lipinski definition) is 2. The van der Waals surface area contributed by atoms with Gasteiger partial charge >= 0.3 is 5.97 Å². The summed E-state index contributed by atoms with van der Waals surface area (Å²) in [7, 11) is 1.38. The Morgan fingerprint density at radius 2 is 2.17 bits per heavy atom. The number of nitrogens with zero attached hydrogens (tertiary/aromatic N) is 2. The molecule has 0 saturated carbocycles. The summed E-state index contributed by atoms with van der Waals surface area (Å²) in [4.78, 5) is 13.0. The van der Waals surface area contributed by atoms with E-state index >= 15 is 0 Å². The number of anilines is 1. The first-order valence-electron chi connectivity index (χ1n) is 7.64. The van der Waals surface area contributed by atoms with E-state index in [2.05, 4.69) is 15.7 Å². The zero-order valence-electron chi connectivity index (χ0n) is 14.3. The third kappa shape index (κ3) is 4.55. The van der Waals surface area contributed by atoms with E-state index in [0.717, 1.165) is 40.5 Å². The van der Waals surface area contributed by atoms with Crippen LogP contribution in [0.2, 0.25) is 0 Å². The van der Waals surface area contributed by atoms with E-state index in [4.69, 9.17) is 17.0 Å². The monoisotopic (exact) mass is 366 g/mol. The first-order valence-corrected chi connectivity index (χ1v) is 8.87. The molecule has 130 valence electrons. The molecule has 24 heavy (non-hydrogen) atoms. The van der Waals surface area contributed by atoms with Crippen LogP contribution in [0.3, 0.4) is 0 Å². The maximum Gasteiger partial charge on any atom is 0.341 e. The van der Waals surface area contributed by atoms with Gasteiger partial charge in [0.1, 0.15) is 5.00 Å². The summed E-state index contributed by atoms with van der Waals surface area (Å²) in [6.07, 6.45) is 4.75. The number of carbonyl (C=O) groups is 1. The summed E-state index contributed by atoms with van der Waals surface area (Å²) in [5.74, 6) is -0.351. The van der Waals surface area contributed by atoms with E-state index in [1.165, 1.54) is 18.4 Å². The van der Waals surface area contributed by atoms with Gasteiger partial charge in [0.2, 0.25) is 0 Å². The average molecular weight is 367 g/mol. The number of aryl methyl sites for hydroxylation is 3. The number of aromatic nitrogens is 2. The number of rotatable bonds is 6. The molecule has 0 radical (unpaired) electrons. The second-order valence-electron chi connectivity index (χ2n) is 5.49. The Kier molecular flexibility index (Phi) is 6.33. The summed E-state index contributed by atoms with van der Waals surface area (Å²) in [5.41, 5.74) is 2.63. The Balaban J connectivity index is 1.86. The fourth-order valence-electron chi connectivity index (χ4n) is 2.24. The predicted octanol–water partition coefficient (Wildman–Crippen LogP) is 3.03. The lowest BCUT2D eigenvalue weighted by Gasteiger charge is -2.10. The van der Waals surface area contributed by atoms with Gasteiger partial charge in [-0.15, -0.1) is 11.3 Å². The zero-order chi connectivity index (χ0) is 17.7. The van der Waals surface area contributed by atoms with Gasteiger partial charge in [-0.25, -0.2) is 4.79 Å². The maximum atomic E-state index is 11.9. The van der Waals surface area contributed by atoms with E-state index in [9.17, 15) is 4.79 Å². The summed E-state index contributed by atoms with van der Waals surface area (Å²) in [6.45, 7) is 7.45. The predicted molar refractivity (Wildman–Crippen MR) is 101 cm³/mol. The molecule has 2 heterocycles. The van der Waals surface area contributed by atoms with Crippen LogP contribution in [0.4, 0.5) is 5.00 Å². The summed E-state index contributed by atoms with van der Waals surface area (Å²) in [6, 6.07) is 0. The van der Waals surface area contributed by atoms with Crippen LogP contribution in [0.25, 0.3) is 0 Å². The first-order chi connectivity index (χ1) is 11.4. The molecule has 2 aromatic heterocycles. The molecule has 0 aliphatic rings. The van der Waals surface area contributed by atoms with Gasteiger partial charge in [0.15, 0.2) is 5.11 Å². The summed E-state index contributed by atoms with van der Waals surface area (Å²) in [5, 5.41) is 11.7. The Labute approximate surface area is 151 Å². The minimum atomic E-state index is -0.351. The molecule has 0 fully saturated rings. The number of methoxy groups -OCH3 is 1. The van der Waals surface area contributed by atoms with Gasteiger partial charge < -0.3 is 15.4 Å². The average Bonchev–Trinajstić information content (AvgIpc) is 3.07. The Bertz CT molecular complexity index is 737. The summed E-state index contributed by atoms with van der Waals surface area (Å²) >= 11 is 6.81. The van der Waals surface area contributed by atoms with E-state index in [-0.39, 0.29) is 5.97 Å². The zero-order valence-corrected chi connectivity index (χ0v) is 15.9. The second kappa shape index (κ2) is 8.25. The van der Waals surface area contributed by atoms with Gasteiger partial charge in [0, 0.05) is 24.2 Å². The van der Waals surface area contributed by atoms with Gasteiger partial charge in [-0.1, -0.05) is 0 Å². The highest BCUT2D eigenvalue weighted by Crippen LogP contribution is 2.32. The van der Waals surface area contributed by atoms with Gasteiger partial charge in [0.05, 0.1) is 18.9 Å². The molecule has 8 heteroatoms. The number of ether oxygens (including phenoxy) is 1. The van der Waals surface area contributed by atoms with Crippen LogP contribution in [-0.4, -0.2) is 34.5 Å². The smallest absolute Gasteiger partial charge is 0.341 e. The van der Waals surface area contributed by atoms with Gasteiger partial charge in [-0.2, -0.15) is 5.10 Å². The first kappa shape index (κ1) is 18.4. The minimum absolute atomic E-state index is 0.351. The molecule has 6 nitrogen and oxygen atoms in total. The highest BCUT2D eigenvalue weighted by Gasteiger charge is 2.20. The lowest BCUT2D eigenvalue weighted by molar-refractivity contribution is 0.0601. The van der Waals surface area contributed by atoms with E-state index in [1.54, 1.807) is 0 Å². The fourth-order valence-corrected chi connectivity index (χ4v) is 3.56. The van der Waals surface area contributed by atoms with Crippen LogP contribution in [0.15, 0.2) is 12.4 Å². The Hall–Kier alpha value is -1.93. The van der Waals surface area contributed by atoms with Crippen molar-refractivity contribution in [2.45, 2.75) is 33.7 Å². The highest BCUT2D eigenvalue weighted by molar-refractivity contribution is 7.80. The molecule has 2 aromatic rings. The fraction of sp³-hybridized carbons (Fsp3) is 0.438. The third-order valence-electron chi connectivity index (χ3n) is 3.61. The van der Waals surface area contributed by atoms with Crippen molar-refractivity contribution < 1.29 is 9.53 Å². The molecule has 2 rings (SSSR count). The van der Waals surface area contributed by atoms with Crippen molar-refractivity contribution in [2.75, 3.05) is 19.0 Å². The molecule has 0 aromatic carbocycles. The third-order valence-corrected chi connectivity index (χ3v) is 4.98. The molecule has 0 aliphatic carbocycles. The number of esters is 1. The molecule has 0 unspecified atom stereocenters. The largest absolute Gasteiger partial charge is 0.465 e. The van der Waals surface area contributed by atoms with E-state index < -0.39 is 0 Å². The lowest BCUT2D eigenvalue weighted by Crippen LogP contribution is -2.30. The molecular weight excluding hydrogens is 344 g/mol. The highest BCUT2D eigenvalue weighted by atomic mass is 32.1. The molecule has 0 aliphatic heterocycles. The Morgan fingerprint density at radius 3 is 2.79 bits per heavy atom. The van der Waals surface area contributed by atoms with Gasteiger partial charge in [0.25, 0.3) is 0 Å². The number of thiocarbonyl (C=S) groups is 1. The van der Waals surface area contributed by atoms with Crippen molar-refractivity contribution in [1.82, 2.24) is 15.1 Å². The molecule has 0 spiro atoms. The van der Waals surface area contributed by atoms with E-state index in [1.807, 2.05) is 37.8 Å². The van der Waals surface area contributed by atoms with Crippen molar-refractivity contribution >= 4 is 39.6 Å². The lowest BCUT2D eigenvalue weighted by atomic mass is 10.1. The van der Waals surface area contributed by atoms with Crippen LogP contribution in [-0.2, 0) is 11.3 Å². The van der Waals surface area contributed by atoms with Gasteiger partial charge in [-0.05, 0) is 50.5 Å². The van der Waals surface area contributed by atoms with E-state index in [0.29, 0.717) is 10.7 Å². The molecular formula is C16H22N4O2S2. The number of thiophene rings is 1. The molecule has 0 amide bonds. The summed E-state index contributed by atoms with van der Waals surface area (Å²) < 4.78 is 6.77. The SMILES string of the molecule is COC(=O)c1c(NC(=S)NCCCn2cc(C)cn2)sc(C)c1C. The van der Waals surface area contributed by atoms with Crippen molar-refractivity contribution in [3.8, 4) is 0 Å². The topological polar surface area (TPSA) is 68.2 Å². The number of carbonyl (C=O) groups excluding carboxylic acids is 1. The van der Waals surface area contributed by atoms with Crippen molar-refractivity contribution in [1.29, 1.82) is 0 Å². The van der Waals surface area contributed by atoms with Crippen LogP contribution in [0, 0.1) is 20.8 Å². The maximum absolute atomic E-state index is 11.9. The number of nitrogens with one attached hydrogen (secondary N) is 2. The minimum Gasteiger partial charge on any atom is -0.465 e. The standard InChI is InChI=1S/C16H22N4O2S2/c1-10-8-18-20(9-10)7-5-6-17-16(23)19-14-13(15(21)22-4)11(2)12(3)24-14/h8-9H,5-7H2,1-4H3,(H2,17,19,23). The van der Waals surface area contributed by atoms with Crippen molar-refractivity contribution in [2.24, 2.45) is 0 Å². The number of hydrogen-bond acceptors (Lipinski definition) is 5. The molecule has 0 atom stereocenters. The van der Waals surface area contributed by atoms with Crippen molar-refractivity contribution in [3.63, 3.8) is 0 Å².